The third-order valence-electron chi connectivity index (χ3n) is 1.24. The first-order chi connectivity index (χ1) is 5.65. The highest BCUT2D eigenvalue weighted by Gasteiger charge is 2.07. The predicted molar refractivity (Wildman–Crippen MR) is 48.6 cm³/mol. The summed E-state index contributed by atoms with van der Waals surface area (Å²) in [5.74, 6) is 0. The maximum Gasteiger partial charge on any atom is 0.136 e. The summed E-state index contributed by atoms with van der Waals surface area (Å²) in [5.41, 5.74) is 0.519. The van der Waals surface area contributed by atoms with Crippen LogP contribution < -0.4 is 0 Å². The molecule has 1 heterocycles. The molecule has 2 nitrogen and oxygen atoms in total. The summed E-state index contributed by atoms with van der Waals surface area (Å²) in [5, 5.41) is 9.20. The smallest absolute Gasteiger partial charge is 0.136 e. The van der Waals surface area contributed by atoms with Gasteiger partial charge < -0.3 is 0 Å². The quantitative estimate of drug-likeness (QED) is 0.683. The van der Waals surface area contributed by atoms with E-state index in [0.29, 0.717) is 10.6 Å². The van der Waals surface area contributed by atoms with E-state index in [0.717, 1.165) is 0 Å². The van der Waals surface area contributed by atoms with Gasteiger partial charge in [0.1, 0.15) is 10.3 Å². The third-order valence-corrected chi connectivity index (χ3v) is 2.09. The van der Waals surface area contributed by atoms with Gasteiger partial charge in [0.05, 0.1) is 17.5 Å². The van der Waals surface area contributed by atoms with Gasteiger partial charge in [0.25, 0.3) is 0 Å². The van der Waals surface area contributed by atoms with Gasteiger partial charge in [-0.1, -0.05) is 34.8 Å². The van der Waals surface area contributed by atoms with E-state index in [1.165, 1.54) is 6.07 Å². The second-order valence-electron chi connectivity index (χ2n) is 2.03. The largest absolute Gasteiger partial charge is 0.224 e. The average Bonchev–Trinajstić information content (AvgIpc) is 1.96. The van der Waals surface area contributed by atoms with E-state index >= 15 is 0 Å². The minimum Gasteiger partial charge on any atom is -0.224 e. The van der Waals surface area contributed by atoms with E-state index in [2.05, 4.69) is 4.98 Å². The molecule has 0 aliphatic carbocycles. The van der Waals surface area contributed by atoms with Crippen molar-refractivity contribution in [2.45, 2.75) is 6.42 Å². The van der Waals surface area contributed by atoms with Gasteiger partial charge in [-0.2, -0.15) is 5.26 Å². The highest BCUT2D eigenvalue weighted by atomic mass is 35.5. The Balaban J connectivity index is 3.21. The van der Waals surface area contributed by atoms with Gasteiger partial charge in [0, 0.05) is 5.56 Å². The Hall–Kier alpha value is -0.490. The number of hydrogen-bond acceptors (Lipinski definition) is 2. The molecule has 1 aromatic rings. The van der Waals surface area contributed by atoms with Crippen molar-refractivity contribution < 1.29 is 0 Å². The molecule has 1 rings (SSSR count). The summed E-state index contributed by atoms with van der Waals surface area (Å²) < 4.78 is 0. The van der Waals surface area contributed by atoms with Crippen molar-refractivity contribution in [2.75, 3.05) is 0 Å². The molecule has 0 spiro atoms. The zero-order valence-electron chi connectivity index (χ0n) is 5.81. The molecular weight excluding hydrogens is 218 g/mol. The molecule has 0 aromatic carbocycles. The first-order valence-electron chi connectivity index (χ1n) is 3.02. The van der Waals surface area contributed by atoms with Crippen molar-refractivity contribution >= 4 is 34.8 Å². The number of nitriles is 1. The number of halogens is 3. The molecule has 0 bridgehead atoms. The summed E-state index contributed by atoms with van der Waals surface area (Å²) in [6.07, 6.45) is 0.141. The molecule has 0 unspecified atom stereocenters. The van der Waals surface area contributed by atoms with Gasteiger partial charge in [-0.05, 0) is 6.07 Å². The van der Waals surface area contributed by atoms with Gasteiger partial charge in [0.2, 0.25) is 0 Å². The number of nitrogens with zero attached hydrogens (tertiary/aromatic N) is 2. The lowest BCUT2D eigenvalue weighted by molar-refractivity contribution is 1.19. The van der Waals surface area contributed by atoms with Gasteiger partial charge in [-0.15, -0.1) is 0 Å². The van der Waals surface area contributed by atoms with Gasteiger partial charge in [-0.3, -0.25) is 0 Å². The second kappa shape index (κ2) is 3.95. The van der Waals surface area contributed by atoms with Gasteiger partial charge in [0.15, 0.2) is 0 Å². The molecule has 5 heteroatoms. The van der Waals surface area contributed by atoms with Crippen molar-refractivity contribution in [1.29, 1.82) is 5.26 Å². The van der Waals surface area contributed by atoms with Gasteiger partial charge in [-0.25, -0.2) is 4.98 Å². The van der Waals surface area contributed by atoms with Crippen LogP contribution in [0.4, 0.5) is 0 Å². The lowest BCUT2D eigenvalue weighted by Crippen LogP contribution is -1.89. The monoisotopic (exact) mass is 220 g/mol. The van der Waals surface area contributed by atoms with E-state index in [4.69, 9.17) is 40.1 Å². The van der Waals surface area contributed by atoms with Crippen molar-refractivity contribution in [3.63, 3.8) is 0 Å². The second-order valence-corrected chi connectivity index (χ2v) is 3.18. The standard InChI is InChI=1S/C7H3Cl3N2/c8-5-3-6(9)12-7(10)4(5)1-2-11/h3H,1H2. The zero-order valence-corrected chi connectivity index (χ0v) is 8.08. The fraction of sp³-hybridized carbons (Fsp3) is 0.143. The summed E-state index contributed by atoms with van der Waals surface area (Å²) in [6.45, 7) is 0. The minimum atomic E-state index is 0.141. The first kappa shape index (κ1) is 9.60. The van der Waals surface area contributed by atoms with Crippen LogP contribution in [0.15, 0.2) is 6.07 Å². The summed E-state index contributed by atoms with van der Waals surface area (Å²) in [7, 11) is 0. The predicted octanol–water partition coefficient (Wildman–Crippen LogP) is 3.11. The molecule has 0 aliphatic heterocycles. The highest BCUT2D eigenvalue weighted by molar-refractivity contribution is 6.37. The zero-order chi connectivity index (χ0) is 9.14. The Morgan fingerprint density at radius 2 is 2.08 bits per heavy atom. The summed E-state index contributed by atoms with van der Waals surface area (Å²) in [4.78, 5) is 3.75. The van der Waals surface area contributed by atoms with Crippen LogP contribution in [0.3, 0.4) is 0 Å². The van der Waals surface area contributed by atoms with Crippen LogP contribution in [0.5, 0.6) is 0 Å². The summed E-state index contributed by atoms with van der Waals surface area (Å²) >= 11 is 17.0. The molecule has 0 radical (unpaired) electrons. The molecule has 0 aliphatic rings. The van der Waals surface area contributed by atoms with Crippen molar-refractivity contribution in [2.24, 2.45) is 0 Å². The SMILES string of the molecule is N#CCc1c(Cl)cc(Cl)nc1Cl. The van der Waals surface area contributed by atoms with Gasteiger partial charge >= 0.3 is 0 Å². The van der Waals surface area contributed by atoms with E-state index in [-0.39, 0.29) is 16.7 Å². The Labute approximate surface area is 84.7 Å². The topological polar surface area (TPSA) is 36.7 Å². The van der Waals surface area contributed by atoms with Crippen LogP contribution in [0.25, 0.3) is 0 Å². The molecule has 0 saturated carbocycles. The van der Waals surface area contributed by atoms with E-state index < -0.39 is 0 Å². The molecule has 12 heavy (non-hydrogen) atoms. The molecule has 0 atom stereocenters. The van der Waals surface area contributed by atoms with Crippen LogP contribution in [-0.2, 0) is 6.42 Å². The third kappa shape index (κ3) is 2.01. The number of rotatable bonds is 1. The molecular formula is C7H3Cl3N2. The Bertz CT molecular complexity index is 320. The van der Waals surface area contributed by atoms with Crippen molar-refractivity contribution in [1.82, 2.24) is 4.98 Å². The van der Waals surface area contributed by atoms with Crippen LogP contribution in [-0.4, -0.2) is 4.98 Å². The Morgan fingerprint density at radius 3 is 2.58 bits per heavy atom. The fourth-order valence-corrected chi connectivity index (χ4v) is 1.58. The van der Waals surface area contributed by atoms with Crippen LogP contribution in [0.1, 0.15) is 5.56 Å². The Kier molecular flexibility index (Phi) is 3.16. The Morgan fingerprint density at radius 1 is 1.42 bits per heavy atom. The van der Waals surface area contributed by atoms with Crippen LogP contribution >= 0.6 is 34.8 Å². The van der Waals surface area contributed by atoms with E-state index in [9.17, 15) is 0 Å². The summed E-state index contributed by atoms with van der Waals surface area (Å²) in [6, 6.07) is 3.39. The fourth-order valence-electron chi connectivity index (χ4n) is 0.720. The molecule has 1 aromatic heterocycles. The number of hydrogen-bond donors (Lipinski definition) is 0. The minimum absolute atomic E-state index is 0.141. The number of aromatic nitrogens is 1. The molecule has 62 valence electrons. The van der Waals surface area contributed by atoms with E-state index in [1.54, 1.807) is 0 Å². The lowest BCUT2D eigenvalue weighted by atomic mass is 10.2. The van der Waals surface area contributed by atoms with Crippen molar-refractivity contribution in [3.8, 4) is 6.07 Å². The molecule has 0 amide bonds. The maximum absolute atomic E-state index is 8.41. The average molecular weight is 221 g/mol. The first-order valence-corrected chi connectivity index (χ1v) is 4.16. The number of pyridine rings is 1. The van der Waals surface area contributed by atoms with Crippen LogP contribution in [0, 0.1) is 11.3 Å². The van der Waals surface area contributed by atoms with E-state index in [1.807, 2.05) is 6.07 Å². The van der Waals surface area contributed by atoms with Crippen molar-refractivity contribution in [3.05, 3.63) is 27.0 Å². The molecule has 0 N–H and O–H groups in total. The highest BCUT2D eigenvalue weighted by Crippen LogP contribution is 2.25. The van der Waals surface area contributed by atoms with Crippen LogP contribution in [0.2, 0.25) is 15.3 Å². The molecule has 0 saturated heterocycles. The molecule has 0 fully saturated rings. The maximum atomic E-state index is 8.41. The normalized spacial score (nSPS) is 9.50. The lowest BCUT2D eigenvalue weighted by Gasteiger charge is -2.01.